The number of nitrogens with one attached hydrogen (secondary N) is 2. The lowest BCUT2D eigenvalue weighted by molar-refractivity contribution is 0.0950. The molecule has 0 unspecified atom stereocenters. The van der Waals surface area contributed by atoms with Gasteiger partial charge in [0.05, 0.1) is 16.4 Å². The minimum absolute atomic E-state index is 0. The van der Waals surface area contributed by atoms with Crippen molar-refractivity contribution in [3.05, 3.63) is 63.1 Å². The summed E-state index contributed by atoms with van der Waals surface area (Å²) in [7, 11) is 0. The number of nitrogens with zero attached hydrogens (tertiary/aromatic N) is 2. The Bertz CT molecular complexity index is 842. The number of carbonyl (C=O) groups excluding carboxylic acids is 1. The minimum atomic E-state index is -0.388. The van der Waals surface area contributed by atoms with Gasteiger partial charge in [0.25, 0.3) is 5.91 Å². The lowest BCUT2D eigenvalue weighted by Gasteiger charge is -1.94. The van der Waals surface area contributed by atoms with E-state index in [1.807, 2.05) is 30.3 Å². The lowest BCUT2D eigenvalue weighted by Crippen LogP contribution is -2.17. The summed E-state index contributed by atoms with van der Waals surface area (Å²) in [6.07, 6.45) is 1.40. The molecule has 124 valence electrons. The van der Waals surface area contributed by atoms with Gasteiger partial charge in [-0.15, -0.1) is 12.4 Å². The second-order valence-electron chi connectivity index (χ2n) is 4.50. The number of furan rings is 1. The summed E-state index contributed by atoms with van der Waals surface area (Å²) in [6, 6.07) is 13.0. The Morgan fingerprint density at radius 1 is 1.25 bits per heavy atom. The van der Waals surface area contributed by atoms with Crippen molar-refractivity contribution in [1.82, 2.24) is 15.6 Å². The fourth-order valence-electron chi connectivity index (χ4n) is 1.84. The minimum Gasteiger partial charge on any atom is -0.447 e. The number of halogens is 3. The van der Waals surface area contributed by atoms with E-state index in [0.717, 1.165) is 10.0 Å². The Morgan fingerprint density at radius 2 is 2.00 bits per heavy atom. The molecule has 24 heavy (non-hydrogen) atoms. The highest BCUT2D eigenvalue weighted by atomic mass is 79.9. The van der Waals surface area contributed by atoms with Gasteiger partial charge >= 0.3 is 0 Å². The van der Waals surface area contributed by atoms with Gasteiger partial charge in [-0.05, 0) is 37.9 Å². The van der Waals surface area contributed by atoms with Gasteiger partial charge in [-0.25, -0.2) is 5.43 Å². The van der Waals surface area contributed by atoms with Gasteiger partial charge in [0.1, 0.15) is 11.5 Å². The number of aromatic amines is 1. The number of hydrazone groups is 1. The maximum Gasteiger partial charge on any atom is 0.289 e. The predicted molar refractivity (Wildman–Crippen MR) is 100 cm³/mol. The Balaban J connectivity index is 0.00000208. The topological polar surface area (TPSA) is 83.3 Å². The second-order valence-corrected chi connectivity index (χ2v) is 6.08. The Morgan fingerprint density at radius 3 is 2.67 bits per heavy atom. The van der Waals surface area contributed by atoms with Crippen LogP contribution in [0.25, 0.3) is 11.3 Å². The highest BCUT2D eigenvalue weighted by Crippen LogP contribution is 2.25. The van der Waals surface area contributed by atoms with E-state index in [9.17, 15) is 4.79 Å². The molecule has 9 heteroatoms. The van der Waals surface area contributed by atoms with Gasteiger partial charge in [0.15, 0.2) is 4.67 Å². The lowest BCUT2D eigenvalue weighted by atomic mass is 10.1. The molecular formula is C15H11Br2ClN4O2. The summed E-state index contributed by atoms with van der Waals surface area (Å²) in [4.78, 5) is 12.0. The fraction of sp³-hybridized carbons (Fsp3) is 0. The molecule has 0 fully saturated rings. The van der Waals surface area contributed by atoms with E-state index in [4.69, 9.17) is 4.42 Å². The van der Waals surface area contributed by atoms with Crippen molar-refractivity contribution in [1.29, 1.82) is 0 Å². The number of aromatic nitrogens is 2. The third kappa shape index (κ3) is 4.34. The van der Waals surface area contributed by atoms with E-state index in [1.54, 1.807) is 12.1 Å². The molecule has 2 aromatic heterocycles. The third-order valence-electron chi connectivity index (χ3n) is 2.91. The smallest absolute Gasteiger partial charge is 0.289 e. The average Bonchev–Trinajstić information content (AvgIpc) is 3.16. The third-order valence-corrected chi connectivity index (χ3v) is 4.62. The zero-order chi connectivity index (χ0) is 16.2. The van der Waals surface area contributed by atoms with Crippen LogP contribution in [0.5, 0.6) is 0 Å². The van der Waals surface area contributed by atoms with Crippen molar-refractivity contribution in [2.24, 2.45) is 5.10 Å². The molecule has 0 atom stereocenters. The largest absolute Gasteiger partial charge is 0.447 e. The molecule has 2 heterocycles. The Hall–Kier alpha value is -1.90. The SMILES string of the molecule is Cl.O=C(N/N=C/c1cc(Br)c(Br)o1)c1cc(-c2ccccc2)n[nH]1. The Kier molecular flexibility index (Phi) is 6.36. The van der Waals surface area contributed by atoms with Crippen molar-refractivity contribution >= 4 is 56.4 Å². The van der Waals surface area contributed by atoms with Crippen LogP contribution in [0.1, 0.15) is 16.2 Å². The van der Waals surface area contributed by atoms with Gasteiger partial charge in [-0.1, -0.05) is 30.3 Å². The molecule has 0 aliphatic heterocycles. The van der Waals surface area contributed by atoms with E-state index in [0.29, 0.717) is 21.8 Å². The second kappa shape index (κ2) is 8.27. The molecule has 0 aliphatic carbocycles. The standard InChI is InChI=1S/C15H10Br2N4O2.ClH/c16-11-6-10(23-14(11)17)8-18-21-15(22)13-7-12(19-20-13)9-4-2-1-3-5-9;/h1-8H,(H,19,20)(H,21,22);1H/b18-8+;. The first-order valence-corrected chi connectivity index (χ1v) is 8.11. The van der Waals surface area contributed by atoms with Crippen molar-refractivity contribution in [3.8, 4) is 11.3 Å². The van der Waals surface area contributed by atoms with Crippen LogP contribution in [-0.2, 0) is 0 Å². The van der Waals surface area contributed by atoms with Gasteiger partial charge in [0, 0.05) is 11.6 Å². The normalized spacial score (nSPS) is 10.6. The number of benzene rings is 1. The summed E-state index contributed by atoms with van der Waals surface area (Å²) in [5, 5.41) is 10.7. The van der Waals surface area contributed by atoms with Crippen LogP contribution >= 0.6 is 44.3 Å². The summed E-state index contributed by atoms with van der Waals surface area (Å²) < 4.78 is 6.64. The Labute approximate surface area is 160 Å². The van der Waals surface area contributed by atoms with Crippen LogP contribution < -0.4 is 5.43 Å². The van der Waals surface area contributed by atoms with Gasteiger partial charge in [-0.3, -0.25) is 9.89 Å². The summed E-state index contributed by atoms with van der Waals surface area (Å²) in [5.74, 6) is 0.110. The quantitative estimate of drug-likeness (QED) is 0.435. The van der Waals surface area contributed by atoms with Crippen LogP contribution in [0.4, 0.5) is 0 Å². The van der Waals surface area contributed by atoms with E-state index in [-0.39, 0.29) is 18.3 Å². The zero-order valence-electron chi connectivity index (χ0n) is 12.0. The molecule has 0 saturated heterocycles. The first kappa shape index (κ1) is 18.4. The molecule has 0 radical (unpaired) electrons. The number of amides is 1. The molecule has 2 N–H and O–H groups in total. The average molecular weight is 475 g/mol. The molecule has 3 rings (SSSR count). The molecule has 1 aromatic carbocycles. The fourth-order valence-corrected chi connectivity index (χ4v) is 2.44. The first-order chi connectivity index (χ1) is 11.1. The summed E-state index contributed by atoms with van der Waals surface area (Å²) in [6.45, 7) is 0. The van der Waals surface area contributed by atoms with Crippen LogP contribution in [0.3, 0.4) is 0 Å². The molecule has 3 aromatic rings. The number of carbonyl (C=O) groups is 1. The molecule has 0 saturated carbocycles. The van der Waals surface area contributed by atoms with Crippen LogP contribution in [-0.4, -0.2) is 22.3 Å². The molecule has 0 spiro atoms. The summed E-state index contributed by atoms with van der Waals surface area (Å²) in [5.41, 5.74) is 4.35. The van der Waals surface area contributed by atoms with Crippen LogP contribution in [0.2, 0.25) is 0 Å². The molecule has 6 nitrogen and oxygen atoms in total. The monoisotopic (exact) mass is 472 g/mol. The molecule has 0 aliphatic rings. The number of hydrogen-bond donors (Lipinski definition) is 2. The molecule has 1 amide bonds. The van der Waals surface area contributed by atoms with Crippen molar-refractivity contribution in [3.63, 3.8) is 0 Å². The van der Waals surface area contributed by atoms with E-state index >= 15 is 0 Å². The van der Waals surface area contributed by atoms with Crippen molar-refractivity contribution in [2.45, 2.75) is 0 Å². The maximum atomic E-state index is 12.0. The maximum absolute atomic E-state index is 12.0. The number of rotatable bonds is 4. The predicted octanol–water partition coefficient (Wildman–Crippen LogP) is 4.38. The molecular weight excluding hydrogens is 463 g/mol. The van der Waals surface area contributed by atoms with E-state index < -0.39 is 0 Å². The summed E-state index contributed by atoms with van der Waals surface area (Å²) >= 11 is 6.52. The van der Waals surface area contributed by atoms with Crippen molar-refractivity contribution in [2.75, 3.05) is 0 Å². The highest BCUT2D eigenvalue weighted by molar-refractivity contribution is 9.13. The molecule has 0 bridgehead atoms. The van der Waals surface area contributed by atoms with Gasteiger partial charge in [0.2, 0.25) is 0 Å². The number of hydrogen-bond acceptors (Lipinski definition) is 4. The highest BCUT2D eigenvalue weighted by Gasteiger charge is 2.10. The van der Waals surface area contributed by atoms with E-state index in [1.165, 1.54) is 6.21 Å². The van der Waals surface area contributed by atoms with Crippen LogP contribution in [0, 0.1) is 0 Å². The van der Waals surface area contributed by atoms with E-state index in [2.05, 4.69) is 52.6 Å². The zero-order valence-corrected chi connectivity index (χ0v) is 16.0. The van der Waals surface area contributed by atoms with Gasteiger partial charge in [-0.2, -0.15) is 10.2 Å². The van der Waals surface area contributed by atoms with Crippen molar-refractivity contribution < 1.29 is 9.21 Å². The van der Waals surface area contributed by atoms with Gasteiger partial charge < -0.3 is 4.42 Å². The number of H-pyrrole nitrogens is 1. The first-order valence-electron chi connectivity index (χ1n) is 6.52. The van der Waals surface area contributed by atoms with Crippen LogP contribution in [0.15, 0.2) is 61.1 Å².